The largest absolute Gasteiger partial charge is 0.329 e. The summed E-state index contributed by atoms with van der Waals surface area (Å²) in [6.07, 6.45) is 1.87. The van der Waals surface area contributed by atoms with Crippen molar-refractivity contribution in [3.63, 3.8) is 0 Å². The first kappa shape index (κ1) is 18.5. The predicted molar refractivity (Wildman–Crippen MR) is 106 cm³/mol. The van der Waals surface area contributed by atoms with Crippen LogP contribution in [-0.4, -0.2) is 24.9 Å². The highest BCUT2D eigenvalue weighted by molar-refractivity contribution is 7.99. The number of thioether (sulfide) groups is 1. The SMILES string of the molecule is CC(C)CCn1c(SCCc2ccccc2)nc2c1c(=O)[nH]c(=O)n2C. The Bertz CT molecular complexity index is 1000. The van der Waals surface area contributed by atoms with E-state index in [4.69, 9.17) is 0 Å². The molecule has 6 nitrogen and oxygen atoms in total. The van der Waals surface area contributed by atoms with Crippen LogP contribution in [0.1, 0.15) is 25.8 Å². The van der Waals surface area contributed by atoms with E-state index >= 15 is 0 Å². The monoisotopic (exact) mass is 372 g/mol. The fourth-order valence-corrected chi connectivity index (χ4v) is 3.83. The number of nitrogens with one attached hydrogen (secondary N) is 1. The third kappa shape index (κ3) is 3.93. The van der Waals surface area contributed by atoms with Crippen LogP contribution in [0.4, 0.5) is 0 Å². The number of hydrogen-bond donors (Lipinski definition) is 1. The van der Waals surface area contributed by atoms with Gasteiger partial charge < -0.3 is 4.57 Å². The Labute approximate surface area is 156 Å². The Kier molecular flexibility index (Phi) is 5.66. The van der Waals surface area contributed by atoms with E-state index in [0.717, 1.165) is 23.8 Å². The lowest BCUT2D eigenvalue weighted by Gasteiger charge is -2.10. The summed E-state index contributed by atoms with van der Waals surface area (Å²) in [6, 6.07) is 10.3. The molecular formula is C19H24N4O2S. The molecular weight excluding hydrogens is 348 g/mol. The molecule has 2 aromatic heterocycles. The molecule has 138 valence electrons. The van der Waals surface area contributed by atoms with E-state index in [9.17, 15) is 9.59 Å². The van der Waals surface area contributed by atoms with Crippen molar-refractivity contribution in [2.75, 3.05) is 5.75 Å². The third-order valence-electron chi connectivity index (χ3n) is 4.37. The molecule has 0 saturated carbocycles. The van der Waals surface area contributed by atoms with E-state index < -0.39 is 5.69 Å². The van der Waals surface area contributed by atoms with Crippen molar-refractivity contribution in [2.24, 2.45) is 13.0 Å². The number of aryl methyl sites for hydroxylation is 3. The fraction of sp³-hybridized carbons (Fsp3) is 0.421. The number of aromatic nitrogens is 4. The molecule has 0 fully saturated rings. The van der Waals surface area contributed by atoms with Crippen LogP contribution < -0.4 is 11.2 Å². The molecule has 0 aliphatic rings. The lowest BCUT2D eigenvalue weighted by molar-refractivity contribution is 0.503. The number of imidazole rings is 1. The van der Waals surface area contributed by atoms with Gasteiger partial charge in [0, 0.05) is 19.3 Å². The minimum Gasteiger partial charge on any atom is -0.313 e. The molecule has 0 atom stereocenters. The number of hydrogen-bond acceptors (Lipinski definition) is 4. The standard InChI is InChI=1S/C19H24N4O2S/c1-13(2)9-11-23-15-16(22(3)18(25)21-17(15)24)20-19(23)26-12-10-14-7-5-4-6-8-14/h4-8,13H,9-12H2,1-3H3,(H,21,24,25). The summed E-state index contributed by atoms with van der Waals surface area (Å²) >= 11 is 1.63. The van der Waals surface area contributed by atoms with E-state index in [1.165, 1.54) is 10.1 Å². The van der Waals surface area contributed by atoms with Gasteiger partial charge in [0.25, 0.3) is 5.56 Å². The molecule has 1 N–H and O–H groups in total. The lowest BCUT2D eigenvalue weighted by Crippen LogP contribution is -2.29. The topological polar surface area (TPSA) is 72.7 Å². The maximum atomic E-state index is 12.4. The molecule has 0 radical (unpaired) electrons. The molecule has 0 saturated heterocycles. The molecule has 1 aromatic carbocycles. The van der Waals surface area contributed by atoms with Gasteiger partial charge in [-0.05, 0) is 24.3 Å². The van der Waals surface area contributed by atoms with Crippen LogP contribution in [0.3, 0.4) is 0 Å². The van der Waals surface area contributed by atoms with Crippen LogP contribution in [0.15, 0.2) is 45.1 Å². The molecule has 3 rings (SSSR count). The number of aromatic amines is 1. The summed E-state index contributed by atoms with van der Waals surface area (Å²) in [6.45, 7) is 5.02. The number of nitrogens with zero attached hydrogens (tertiary/aromatic N) is 3. The molecule has 0 aliphatic carbocycles. The number of rotatable bonds is 7. The van der Waals surface area contributed by atoms with E-state index in [-0.39, 0.29) is 5.56 Å². The normalized spacial score (nSPS) is 11.5. The molecule has 0 amide bonds. The summed E-state index contributed by atoms with van der Waals surface area (Å²) in [4.78, 5) is 31.3. The smallest absolute Gasteiger partial charge is 0.313 e. The summed E-state index contributed by atoms with van der Waals surface area (Å²) in [5.74, 6) is 1.38. The minimum absolute atomic E-state index is 0.366. The fourth-order valence-electron chi connectivity index (χ4n) is 2.82. The van der Waals surface area contributed by atoms with Crippen LogP contribution >= 0.6 is 11.8 Å². The third-order valence-corrected chi connectivity index (χ3v) is 5.34. The van der Waals surface area contributed by atoms with Crippen molar-refractivity contribution in [1.82, 2.24) is 19.1 Å². The maximum Gasteiger partial charge on any atom is 0.329 e. The maximum absolute atomic E-state index is 12.4. The second-order valence-corrected chi connectivity index (χ2v) is 7.87. The van der Waals surface area contributed by atoms with Crippen LogP contribution in [0, 0.1) is 5.92 Å². The zero-order valence-electron chi connectivity index (χ0n) is 15.4. The van der Waals surface area contributed by atoms with Gasteiger partial charge in [-0.2, -0.15) is 0 Å². The van der Waals surface area contributed by atoms with Gasteiger partial charge in [-0.1, -0.05) is 55.9 Å². The van der Waals surface area contributed by atoms with Crippen molar-refractivity contribution < 1.29 is 0 Å². The van der Waals surface area contributed by atoms with Crippen molar-refractivity contribution in [3.8, 4) is 0 Å². The highest BCUT2D eigenvalue weighted by Crippen LogP contribution is 2.23. The molecule has 0 unspecified atom stereocenters. The van der Waals surface area contributed by atoms with E-state index in [0.29, 0.717) is 23.6 Å². The first-order valence-corrected chi connectivity index (χ1v) is 9.82. The van der Waals surface area contributed by atoms with Gasteiger partial charge in [-0.25, -0.2) is 9.78 Å². The van der Waals surface area contributed by atoms with E-state index in [2.05, 4.69) is 35.9 Å². The minimum atomic E-state index is -0.433. The Balaban J connectivity index is 1.93. The van der Waals surface area contributed by atoms with Gasteiger partial charge >= 0.3 is 5.69 Å². The van der Waals surface area contributed by atoms with Gasteiger partial charge in [0.1, 0.15) is 0 Å². The Morgan fingerprint density at radius 3 is 2.62 bits per heavy atom. The average molecular weight is 372 g/mol. The second kappa shape index (κ2) is 7.95. The van der Waals surface area contributed by atoms with E-state index in [1.54, 1.807) is 18.8 Å². The van der Waals surface area contributed by atoms with Gasteiger partial charge in [0.05, 0.1) is 0 Å². The van der Waals surface area contributed by atoms with Crippen LogP contribution in [-0.2, 0) is 20.0 Å². The number of fused-ring (bicyclic) bond motifs is 1. The van der Waals surface area contributed by atoms with Crippen LogP contribution in [0.2, 0.25) is 0 Å². The molecule has 2 heterocycles. The zero-order valence-corrected chi connectivity index (χ0v) is 16.2. The number of benzene rings is 1. The molecule has 0 spiro atoms. The molecule has 7 heteroatoms. The average Bonchev–Trinajstić information content (AvgIpc) is 2.98. The predicted octanol–water partition coefficient (Wildman–Crippen LogP) is 2.80. The van der Waals surface area contributed by atoms with Crippen molar-refractivity contribution in [2.45, 2.75) is 38.4 Å². The molecule has 26 heavy (non-hydrogen) atoms. The lowest BCUT2D eigenvalue weighted by atomic mass is 10.1. The first-order chi connectivity index (χ1) is 12.5. The molecule has 0 aliphatic heterocycles. The zero-order chi connectivity index (χ0) is 18.7. The summed E-state index contributed by atoms with van der Waals surface area (Å²) in [5, 5.41) is 0.795. The quantitative estimate of drug-likeness (QED) is 0.647. The van der Waals surface area contributed by atoms with Crippen molar-refractivity contribution >= 4 is 22.9 Å². The van der Waals surface area contributed by atoms with Crippen molar-refractivity contribution in [1.29, 1.82) is 0 Å². The number of H-pyrrole nitrogens is 1. The van der Waals surface area contributed by atoms with Crippen LogP contribution in [0.25, 0.3) is 11.2 Å². The summed E-state index contributed by atoms with van der Waals surface area (Å²) in [7, 11) is 1.64. The van der Waals surface area contributed by atoms with Crippen molar-refractivity contribution in [3.05, 3.63) is 56.7 Å². The second-order valence-electron chi connectivity index (χ2n) is 6.80. The first-order valence-electron chi connectivity index (χ1n) is 8.83. The van der Waals surface area contributed by atoms with Gasteiger partial charge in [-0.15, -0.1) is 0 Å². The van der Waals surface area contributed by atoms with Gasteiger partial charge in [0.15, 0.2) is 16.3 Å². The molecule has 0 bridgehead atoms. The van der Waals surface area contributed by atoms with Crippen LogP contribution in [0.5, 0.6) is 0 Å². The Hall–Kier alpha value is -2.28. The summed E-state index contributed by atoms with van der Waals surface area (Å²) in [5.41, 5.74) is 1.40. The Morgan fingerprint density at radius 1 is 1.19 bits per heavy atom. The Morgan fingerprint density at radius 2 is 1.92 bits per heavy atom. The summed E-state index contributed by atoms with van der Waals surface area (Å²) < 4.78 is 3.37. The molecule has 3 aromatic rings. The highest BCUT2D eigenvalue weighted by Gasteiger charge is 2.17. The van der Waals surface area contributed by atoms with Gasteiger partial charge in [0.2, 0.25) is 0 Å². The highest BCUT2D eigenvalue weighted by atomic mass is 32.2. The van der Waals surface area contributed by atoms with Gasteiger partial charge in [-0.3, -0.25) is 14.3 Å². The van der Waals surface area contributed by atoms with E-state index in [1.807, 2.05) is 22.8 Å².